The number of methoxy groups -OCH3 is 1. The van der Waals surface area contributed by atoms with Gasteiger partial charge < -0.3 is 15.4 Å². The molecule has 0 bridgehead atoms. The third-order valence-electron chi connectivity index (χ3n) is 6.01. The van der Waals surface area contributed by atoms with E-state index in [1.807, 2.05) is 72.8 Å². The quantitative estimate of drug-likeness (QED) is 0.495. The van der Waals surface area contributed by atoms with Crippen molar-refractivity contribution in [3.63, 3.8) is 0 Å². The summed E-state index contributed by atoms with van der Waals surface area (Å²) in [6.07, 6.45) is 1.01. The molecular weight excluding hydrogens is 430 g/mol. The molecule has 0 saturated carbocycles. The van der Waals surface area contributed by atoms with Crippen LogP contribution in [0.15, 0.2) is 78.9 Å². The van der Waals surface area contributed by atoms with E-state index in [0.717, 1.165) is 27.3 Å². The Labute approximate surface area is 198 Å². The summed E-state index contributed by atoms with van der Waals surface area (Å²) >= 11 is 0. The maximum atomic E-state index is 13.1. The first-order valence-electron chi connectivity index (χ1n) is 11.1. The summed E-state index contributed by atoms with van der Waals surface area (Å²) in [7, 11) is 1.60. The molecule has 0 aromatic heterocycles. The van der Waals surface area contributed by atoms with E-state index < -0.39 is 23.4 Å². The molecule has 34 heavy (non-hydrogen) atoms. The third-order valence-corrected chi connectivity index (χ3v) is 6.01. The Morgan fingerprint density at radius 1 is 0.971 bits per heavy atom. The number of carbonyl (C=O) groups excluding carboxylic acids is 3. The summed E-state index contributed by atoms with van der Waals surface area (Å²) in [5.74, 6) is -0.0879. The highest BCUT2D eigenvalue weighted by Crippen LogP contribution is 2.28. The number of para-hydroxylation sites is 1. The zero-order chi connectivity index (χ0) is 24.1. The molecule has 1 aliphatic rings. The lowest BCUT2D eigenvalue weighted by molar-refractivity contribution is -0.133. The first-order chi connectivity index (χ1) is 16.4. The fourth-order valence-electron chi connectivity index (χ4n) is 4.04. The SMILES string of the molecule is COc1ccc(CCC2(C)NC(=O)N(CC(=O)Nc3ccccc3-c3ccccc3)C2=O)cc1. The Morgan fingerprint density at radius 3 is 2.35 bits per heavy atom. The van der Waals surface area contributed by atoms with Gasteiger partial charge in [0.05, 0.1) is 7.11 Å². The molecule has 4 amide bonds. The number of ether oxygens (including phenoxy) is 1. The van der Waals surface area contributed by atoms with E-state index in [-0.39, 0.29) is 6.54 Å². The lowest BCUT2D eigenvalue weighted by Crippen LogP contribution is -2.45. The van der Waals surface area contributed by atoms with E-state index in [1.54, 1.807) is 20.1 Å². The van der Waals surface area contributed by atoms with Gasteiger partial charge in [0.25, 0.3) is 5.91 Å². The first-order valence-corrected chi connectivity index (χ1v) is 11.1. The van der Waals surface area contributed by atoms with E-state index in [4.69, 9.17) is 4.74 Å². The molecule has 1 aliphatic heterocycles. The molecule has 1 atom stereocenters. The Bertz CT molecular complexity index is 1190. The lowest BCUT2D eigenvalue weighted by atomic mass is 9.93. The number of aryl methyl sites for hydroxylation is 1. The Morgan fingerprint density at radius 2 is 1.65 bits per heavy atom. The molecule has 0 spiro atoms. The molecule has 1 unspecified atom stereocenters. The van der Waals surface area contributed by atoms with E-state index in [0.29, 0.717) is 18.5 Å². The normalized spacial score (nSPS) is 17.4. The van der Waals surface area contributed by atoms with Crippen molar-refractivity contribution in [1.29, 1.82) is 0 Å². The van der Waals surface area contributed by atoms with Crippen LogP contribution < -0.4 is 15.4 Å². The molecule has 1 saturated heterocycles. The van der Waals surface area contributed by atoms with Crippen LogP contribution in [0.2, 0.25) is 0 Å². The summed E-state index contributed by atoms with van der Waals surface area (Å²) in [6.45, 7) is 1.34. The van der Waals surface area contributed by atoms with Gasteiger partial charge in [0.15, 0.2) is 0 Å². The van der Waals surface area contributed by atoms with E-state index >= 15 is 0 Å². The molecule has 0 aliphatic carbocycles. The van der Waals surface area contributed by atoms with Crippen LogP contribution in [0, 0.1) is 0 Å². The van der Waals surface area contributed by atoms with Gasteiger partial charge in [-0.1, -0.05) is 60.7 Å². The van der Waals surface area contributed by atoms with Crippen molar-refractivity contribution in [2.45, 2.75) is 25.3 Å². The van der Waals surface area contributed by atoms with Gasteiger partial charge in [-0.25, -0.2) is 4.79 Å². The van der Waals surface area contributed by atoms with Gasteiger partial charge in [-0.05, 0) is 49.1 Å². The number of carbonyl (C=O) groups is 3. The number of benzene rings is 3. The number of imide groups is 1. The highest BCUT2D eigenvalue weighted by atomic mass is 16.5. The second kappa shape index (κ2) is 9.79. The number of nitrogens with one attached hydrogen (secondary N) is 2. The Kier molecular flexibility index (Phi) is 6.63. The second-order valence-electron chi connectivity index (χ2n) is 8.46. The second-order valence-corrected chi connectivity index (χ2v) is 8.46. The average Bonchev–Trinajstić information content (AvgIpc) is 3.07. The van der Waals surface area contributed by atoms with Crippen molar-refractivity contribution >= 4 is 23.5 Å². The van der Waals surface area contributed by atoms with Crippen LogP contribution in [0.25, 0.3) is 11.1 Å². The lowest BCUT2D eigenvalue weighted by Gasteiger charge is -2.21. The Hall–Kier alpha value is -4.13. The van der Waals surface area contributed by atoms with Crippen LogP contribution in [0.5, 0.6) is 5.75 Å². The zero-order valence-electron chi connectivity index (χ0n) is 19.2. The van der Waals surface area contributed by atoms with Crippen molar-refractivity contribution in [3.8, 4) is 16.9 Å². The molecule has 2 N–H and O–H groups in total. The fourth-order valence-corrected chi connectivity index (χ4v) is 4.04. The van der Waals surface area contributed by atoms with Crippen molar-refractivity contribution in [2.75, 3.05) is 19.0 Å². The van der Waals surface area contributed by atoms with Gasteiger partial charge in [0.1, 0.15) is 17.8 Å². The smallest absolute Gasteiger partial charge is 0.325 e. The summed E-state index contributed by atoms with van der Waals surface area (Å²) in [4.78, 5) is 39.4. The number of nitrogens with zero attached hydrogens (tertiary/aromatic N) is 1. The van der Waals surface area contributed by atoms with Crippen molar-refractivity contribution in [1.82, 2.24) is 10.2 Å². The van der Waals surface area contributed by atoms with Gasteiger partial charge in [-0.3, -0.25) is 14.5 Å². The maximum Gasteiger partial charge on any atom is 0.325 e. The van der Waals surface area contributed by atoms with Crippen molar-refractivity contribution in [3.05, 3.63) is 84.4 Å². The molecule has 4 rings (SSSR count). The molecular formula is C27H27N3O4. The topological polar surface area (TPSA) is 87.7 Å². The van der Waals surface area contributed by atoms with Crippen LogP contribution in [-0.2, 0) is 16.0 Å². The standard InChI is InChI=1S/C27H27N3O4/c1-27(17-16-19-12-14-21(34-2)15-13-19)25(32)30(26(33)29-27)18-24(31)28-23-11-7-6-10-22(23)20-8-4-3-5-9-20/h3-15H,16-18H2,1-2H3,(H,28,31)(H,29,33). The predicted molar refractivity (Wildman–Crippen MR) is 130 cm³/mol. The number of hydrogen-bond donors (Lipinski definition) is 2. The van der Waals surface area contributed by atoms with Gasteiger partial charge in [0, 0.05) is 11.3 Å². The minimum Gasteiger partial charge on any atom is -0.497 e. The summed E-state index contributed by atoms with van der Waals surface area (Å²) in [5, 5.41) is 5.61. The number of rotatable bonds is 8. The van der Waals surface area contributed by atoms with E-state index in [1.165, 1.54) is 0 Å². The van der Waals surface area contributed by atoms with Crippen molar-refractivity contribution in [2.24, 2.45) is 0 Å². The van der Waals surface area contributed by atoms with Crippen LogP contribution in [0.1, 0.15) is 18.9 Å². The van der Waals surface area contributed by atoms with Gasteiger partial charge >= 0.3 is 6.03 Å². The average molecular weight is 458 g/mol. The van der Waals surface area contributed by atoms with E-state index in [9.17, 15) is 14.4 Å². The van der Waals surface area contributed by atoms with Gasteiger partial charge in [-0.2, -0.15) is 0 Å². The molecule has 0 radical (unpaired) electrons. The van der Waals surface area contributed by atoms with Crippen LogP contribution in [0.3, 0.4) is 0 Å². The van der Waals surface area contributed by atoms with Crippen LogP contribution in [0.4, 0.5) is 10.5 Å². The largest absolute Gasteiger partial charge is 0.497 e. The van der Waals surface area contributed by atoms with Gasteiger partial charge in [-0.15, -0.1) is 0 Å². The first kappa shape index (κ1) is 23.0. The van der Waals surface area contributed by atoms with Crippen LogP contribution >= 0.6 is 0 Å². The fraction of sp³-hybridized carbons (Fsp3) is 0.222. The number of hydrogen-bond acceptors (Lipinski definition) is 4. The molecule has 174 valence electrons. The Balaban J connectivity index is 1.41. The molecule has 1 fully saturated rings. The van der Waals surface area contributed by atoms with Crippen molar-refractivity contribution < 1.29 is 19.1 Å². The minimum absolute atomic E-state index is 0.355. The summed E-state index contributed by atoms with van der Waals surface area (Å²) < 4.78 is 5.17. The number of anilines is 1. The minimum atomic E-state index is -1.07. The zero-order valence-corrected chi connectivity index (χ0v) is 19.2. The highest BCUT2D eigenvalue weighted by molar-refractivity contribution is 6.10. The number of urea groups is 1. The summed E-state index contributed by atoms with van der Waals surface area (Å²) in [5.41, 5.74) is 2.39. The monoisotopic (exact) mass is 457 g/mol. The molecule has 7 nitrogen and oxygen atoms in total. The molecule has 3 aromatic rings. The molecule has 7 heteroatoms. The molecule has 1 heterocycles. The van der Waals surface area contributed by atoms with Gasteiger partial charge in [0.2, 0.25) is 5.91 Å². The highest BCUT2D eigenvalue weighted by Gasteiger charge is 2.47. The van der Waals surface area contributed by atoms with Crippen LogP contribution in [-0.4, -0.2) is 41.9 Å². The predicted octanol–water partition coefficient (Wildman–Crippen LogP) is 4.24. The third kappa shape index (κ3) is 4.93. The summed E-state index contributed by atoms with van der Waals surface area (Å²) in [6, 6.07) is 24.1. The molecule has 3 aromatic carbocycles. The van der Waals surface area contributed by atoms with E-state index in [2.05, 4.69) is 10.6 Å². The number of amides is 4. The maximum absolute atomic E-state index is 13.1.